The van der Waals surface area contributed by atoms with E-state index >= 15 is 0 Å². The zero-order valence-electron chi connectivity index (χ0n) is 11.5. The smallest absolute Gasteiger partial charge is 0.274 e. The van der Waals surface area contributed by atoms with E-state index in [2.05, 4.69) is 38.5 Å². The van der Waals surface area contributed by atoms with Crippen LogP contribution < -0.4 is 10.6 Å². The molecule has 0 aliphatic rings. The fourth-order valence-electron chi connectivity index (χ4n) is 1.70. The van der Waals surface area contributed by atoms with Gasteiger partial charge in [-0.25, -0.2) is 0 Å². The molecule has 0 fully saturated rings. The first-order valence-corrected chi connectivity index (χ1v) is 7.73. The molecule has 0 aliphatic carbocycles. The predicted octanol–water partition coefficient (Wildman–Crippen LogP) is 4.57. The van der Waals surface area contributed by atoms with E-state index in [1.54, 1.807) is 30.5 Å². The lowest BCUT2D eigenvalue weighted by Crippen LogP contribution is -2.14. The number of rotatable bonds is 5. The van der Waals surface area contributed by atoms with Gasteiger partial charge in [0.25, 0.3) is 5.91 Å². The first kappa shape index (κ1) is 15.8. The molecule has 21 heavy (non-hydrogen) atoms. The molecular weight excluding hydrogens is 354 g/mol. The Hall–Kier alpha value is -1.59. The van der Waals surface area contributed by atoms with Gasteiger partial charge >= 0.3 is 0 Å². The zero-order chi connectivity index (χ0) is 15.2. The van der Waals surface area contributed by atoms with Gasteiger partial charge in [-0.3, -0.25) is 9.78 Å². The lowest BCUT2D eigenvalue weighted by atomic mass is 10.2. The van der Waals surface area contributed by atoms with Crippen molar-refractivity contribution in [3.8, 4) is 0 Å². The van der Waals surface area contributed by atoms with Crippen LogP contribution in [0.15, 0.2) is 41.0 Å². The minimum Gasteiger partial charge on any atom is -0.385 e. The number of amides is 1. The lowest BCUT2D eigenvalue weighted by Gasteiger charge is -2.08. The summed E-state index contributed by atoms with van der Waals surface area (Å²) in [6, 6.07) is 8.78. The Morgan fingerprint density at radius 1 is 1.29 bits per heavy atom. The van der Waals surface area contributed by atoms with Crippen LogP contribution in [0.2, 0.25) is 5.02 Å². The number of anilines is 2. The van der Waals surface area contributed by atoms with E-state index < -0.39 is 0 Å². The van der Waals surface area contributed by atoms with Crippen molar-refractivity contribution in [2.45, 2.75) is 13.3 Å². The standard InChI is InChI=1S/C15H15BrClN3O/c1-2-6-18-10-5-7-19-14(9-10)15(21)20-11-3-4-13(17)12(16)8-11/h3-5,7-9H,2,6H2,1H3,(H,18,19)(H,20,21). The summed E-state index contributed by atoms with van der Waals surface area (Å²) in [6.07, 6.45) is 2.63. The second kappa shape index (κ2) is 7.43. The molecule has 2 N–H and O–H groups in total. The van der Waals surface area contributed by atoms with E-state index in [1.165, 1.54) is 0 Å². The fraction of sp³-hybridized carbons (Fsp3) is 0.200. The van der Waals surface area contributed by atoms with Gasteiger partial charge in [0.05, 0.1) is 5.02 Å². The highest BCUT2D eigenvalue weighted by atomic mass is 79.9. The first-order valence-electron chi connectivity index (χ1n) is 6.56. The molecule has 0 atom stereocenters. The monoisotopic (exact) mass is 367 g/mol. The van der Waals surface area contributed by atoms with Gasteiger partial charge in [0.1, 0.15) is 5.69 Å². The van der Waals surface area contributed by atoms with Gasteiger partial charge in [-0.05, 0) is 52.7 Å². The summed E-state index contributed by atoms with van der Waals surface area (Å²) in [5, 5.41) is 6.61. The summed E-state index contributed by atoms with van der Waals surface area (Å²) in [6.45, 7) is 2.94. The molecule has 4 nitrogen and oxygen atoms in total. The van der Waals surface area contributed by atoms with Crippen LogP contribution in [-0.2, 0) is 0 Å². The minimum atomic E-state index is -0.260. The summed E-state index contributed by atoms with van der Waals surface area (Å²) in [5.41, 5.74) is 1.90. The Balaban J connectivity index is 2.10. The van der Waals surface area contributed by atoms with Gasteiger partial charge in [-0.1, -0.05) is 18.5 Å². The molecule has 0 aliphatic heterocycles. The molecule has 0 radical (unpaired) electrons. The Morgan fingerprint density at radius 3 is 2.81 bits per heavy atom. The Bertz CT molecular complexity index is 649. The van der Waals surface area contributed by atoms with Gasteiger partial charge in [0.15, 0.2) is 0 Å². The number of pyridine rings is 1. The Labute approximate surface area is 137 Å². The van der Waals surface area contributed by atoms with Crippen molar-refractivity contribution in [2.75, 3.05) is 17.2 Å². The number of carbonyl (C=O) groups excluding carboxylic acids is 1. The van der Waals surface area contributed by atoms with Crippen molar-refractivity contribution in [2.24, 2.45) is 0 Å². The molecule has 1 aromatic heterocycles. The van der Waals surface area contributed by atoms with Crippen LogP contribution in [0.1, 0.15) is 23.8 Å². The largest absolute Gasteiger partial charge is 0.385 e. The number of benzene rings is 1. The topological polar surface area (TPSA) is 54.0 Å². The van der Waals surface area contributed by atoms with E-state index in [0.29, 0.717) is 16.4 Å². The fourth-order valence-corrected chi connectivity index (χ4v) is 2.20. The van der Waals surface area contributed by atoms with Crippen molar-refractivity contribution in [1.82, 2.24) is 4.98 Å². The van der Waals surface area contributed by atoms with E-state index in [4.69, 9.17) is 11.6 Å². The molecule has 0 unspecified atom stereocenters. The molecule has 1 aromatic carbocycles. The van der Waals surface area contributed by atoms with Gasteiger partial charge in [0, 0.05) is 28.6 Å². The van der Waals surface area contributed by atoms with Crippen molar-refractivity contribution in [1.29, 1.82) is 0 Å². The summed E-state index contributed by atoms with van der Waals surface area (Å²) < 4.78 is 0.730. The highest BCUT2D eigenvalue weighted by molar-refractivity contribution is 9.10. The quantitative estimate of drug-likeness (QED) is 0.812. The van der Waals surface area contributed by atoms with Gasteiger partial charge in [0.2, 0.25) is 0 Å². The molecule has 6 heteroatoms. The third kappa shape index (κ3) is 4.44. The number of halogens is 2. The number of hydrogen-bond donors (Lipinski definition) is 2. The molecular formula is C15H15BrClN3O. The SMILES string of the molecule is CCCNc1ccnc(C(=O)Nc2ccc(Cl)c(Br)c2)c1. The van der Waals surface area contributed by atoms with Crippen LogP contribution in [0.25, 0.3) is 0 Å². The van der Waals surface area contributed by atoms with Crippen LogP contribution in [0.3, 0.4) is 0 Å². The van der Waals surface area contributed by atoms with Crippen LogP contribution in [0.4, 0.5) is 11.4 Å². The molecule has 0 spiro atoms. The maximum absolute atomic E-state index is 12.2. The van der Waals surface area contributed by atoms with E-state index in [1.807, 2.05) is 6.07 Å². The molecule has 2 rings (SSSR count). The van der Waals surface area contributed by atoms with Crippen LogP contribution in [0.5, 0.6) is 0 Å². The van der Waals surface area contributed by atoms with Crippen molar-refractivity contribution in [3.63, 3.8) is 0 Å². The normalized spacial score (nSPS) is 10.2. The maximum Gasteiger partial charge on any atom is 0.274 e. The van der Waals surface area contributed by atoms with Crippen LogP contribution in [-0.4, -0.2) is 17.4 Å². The molecule has 0 bridgehead atoms. The second-order valence-corrected chi connectivity index (χ2v) is 5.70. The number of carbonyl (C=O) groups is 1. The average molecular weight is 369 g/mol. The van der Waals surface area contributed by atoms with Gasteiger partial charge < -0.3 is 10.6 Å². The van der Waals surface area contributed by atoms with E-state index in [-0.39, 0.29) is 5.91 Å². The van der Waals surface area contributed by atoms with Crippen LogP contribution >= 0.6 is 27.5 Å². The third-order valence-corrected chi connectivity index (χ3v) is 3.96. The van der Waals surface area contributed by atoms with E-state index in [9.17, 15) is 4.79 Å². The van der Waals surface area contributed by atoms with Gasteiger partial charge in [-0.2, -0.15) is 0 Å². The summed E-state index contributed by atoms with van der Waals surface area (Å²) in [5.74, 6) is -0.260. The summed E-state index contributed by atoms with van der Waals surface area (Å²) in [7, 11) is 0. The molecule has 2 aromatic rings. The van der Waals surface area contributed by atoms with Crippen molar-refractivity contribution < 1.29 is 4.79 Å². The summed E-state index contributed by atoms with van der Waals surface area (Å²) in [4.78, 5) is 16.3. The molecule has 0 saturated carbocycles. The highest BCUT2D eigenvalue weighted by Gasteiger charge is 2.09. The number of nitrogens with zero attached hydrogens (tertiary/aromatic N) is 1. The molecule has 1 heterocycles. The minimum absolute atomic E-state index is 0.260. The number of nitrogens with one attached hydrogen (secondary N) is 2. The highest BCUT2D eigenvalue weighted by Crippen LogP contribution is 2.25. The first-order chi connectivity index (χ1) is 10.1. The molecule has 1 amide bonds. The lowest BCUT2D eigenvalue weighted by molar-refractivity contribution is 0.102. The molecule has 0 saturated heterocycles. The second-order valence-electron chi connectivity index (χ2n) is 4.44. The predicted molar refractivity (Wildman–Crippen MR) is 90.1 cm³/mol. The number of hydrogen-bond acceptors (Lipinski definition) is 3. The Kier molecular flexibility index (Phi) is 5.59. The average Bonchev–Trinajstić information content (AvgIpc) is 2.49. The Morgan fingerprint density at radius 2 is 2.10 bits per heavy atom. The van der Waals surface area contributed by atoms with Crippen molar-refractivity contribution >= 4 is 44.8 Å². The van der Waals surface area contributed by atoms with Crippen molar-refractivity contribution in [3.05, 3.63) is 51.7 Å². The van der Waals surface area contributed by atoms with E-state index in [0.717, 1.165) is 23.1 Å². The van der Waals surface area contributed by atoms with Gasteiger partial charge in [-0.15, -0.1) is 0 Å². The van der Waals surface area contributed by atoms with Crippen LogP contribution in [0, 0.1) is 0 Å². The third-order valence-electron chi connectivity index (χ3n) is 2.75. The molecule has 110 valence electrons. The zero-order valence-corrected chi connectivity index (χ0v) is 13.8. The maximum atomic E-state index is 12.2. The summed E-state index contributed by atoms with van der Waals surface area (Å²) >= 11 is 9.25. The number of aromatic nitrogens is 1.